The fourth-order valence-corrected chi connectivity index (χ4v) is 2.01. The van der Waals surface area contributed by atoms with E-state index < -0.39 is 0 Å². The first kappa shape index (κ1) is 11.0. The molecule has 1 N–H and O–H groups in total. The minimum absolute atomic E-state index is 0.178. The highest BCUT2D eigenvalue weighted by atomic mass is 32.2. The molecule has 2 aromatic heterocycles. The van der Waals surface area contributed by atoms with Gasteiger partial charge < -0.3 is 4.98 Å². The molecule has 0 atom stereocenters. The number of nitrogens with zero attached hydrogens (tertiary/aromatic N) is 3. The molecule has 0 aliphatic rings. The van der Waals surface area contributed by atoms with Crippen molar-refractivity contribution in [2.24, 2.45) is 0 Å². The molecule has 3 aromatic rings. The second kappa shape index (κ2) is 4.26. The highest BCUT2D eigenvalue weighted by molar-refractivity contribution is 7.98. The van der Waals surface area contributed by atoms with Crippen LogP contribution < -0.4 is 5.56 Å². The van der Waals surface area contributed by atoms with E-state index in [2.05, 4.69) is 24.9 Å². The number of fused-ring (bicyclic) bond motifs is 1. The molecular formula is C11H8N4O2S. The molecule has 0 saturated heterocycles. The molecule has 0 aliphatic carbocycles. The Kier molecular flexibility index (Phi) is 2.60. The summed E-state index contributed by atoms with van der Waals surface area (Å²) in [6.45, 7) is 0. The topological polar surface area (TPSA) is 84.7 Å². The highest BCUT2D eigenvalue weighted by Crippen LogP contribution is 2.21. The smallest absolute Gasteiger partial charge is 0.252 e. The fourth-order valence-electron chi connectivity index (χ4n) is 1.62. The van der Waals surface area contributed by atoms with E-state index in [1.165, 1.54) is 17.8 Å². The monoisotopic (exact) mass is 260 g/mol. The van der Waals surface area contributed by atoms with E-state index >= 15 is 0 Å². The first-order chi connectivity index (χ1) is 8.76. The normalized spacial score (nSPS) is 10.9. The van der Waals surface area contributed by atoms with Gasteiger partial charge in [-0.25, -0.2) is 9.61 Å². The van der Waals surface area contributed by atoms with E-state index in [0.717, 1.165) is 5.56 Å². The molecule has 0 fully saturated rings. The molecule has 3 rings (SSSR count). The van der Waals surface area contributed by atoms with Crippen molar-refractivity contribution in [2.75, 3.05) is 6.26 Å². The number of benzene rings is 1. The summed E-state index contributed by atoms with van der Waals surface area (Å²) in [4.78, 5) is 18.5. The first-order valence-electron chi connectivity index (χ1n) is 5.14. The van der Waals surface area contributed by atoms with Crippen LogP contribution in [0.25, 0.3) is 22.3 Å². The Labute approximate surface area is 105 Å². The zero-order valence-corrected chi connectivity index (χ0v) is 10.2. The lowest BCUT2D eigenvalue weighted by atomic mass is 10.1. The maximum absolute atomic E-state index is 11.5. The van der Waals surface area contributed by atoms with Crippen LogP contribution in [0.2, 0.25) is 0 Å². The van der Waals surface area contributed by atoms with Crippen molar-refractivity contribution in [1.29, 1.82) is 0 Å². The van der Waals surface area contributed by atoms with Gasteiger partial charge in [-0.3, -0.25) is 4.79 Å². The van der Waals surface area contributed by atoms with Gasteiger partial charge in [-0.15, -0.1) is 0 Å². The molecule has 0 spiro atoms. The summed E-state index contributed by atoms with van der Waals surface area (Å²) in [5.74, 6) is 0. The van der Waals surface area contributed by atoms with Gasteiger partial charge in [0, 0.05) is 11.6 Å². The lowest BCUT2D eigenvalue weighted by Crippen LogP contribution is -2.07. The first-order valence-corrected chi connectivity index (χ1v) is 6.37. The highest BCUT2D eigenvalue weighted by Gasteiger charge is 2.06. The van der Waals surface area contributed by atoms with Crippen LogP contribution in [-0.2, 0) is 0 Å². The number of aromatic amines is 1. The minimum atomic E-state index is -0.178. The van der Waals surface area contributed by atoms with Gasteiger partial charge in [-0.1, -0.05) is 17.8 Å². The number of thioether (sulfide) groups is 1. The molecule has 18 heavy (non-hydrogen) atoms. The van der Waals surface area contributed by atoms with Gasteiger partial charge in [0.1, 0.15) is 11.0 Å². The zero-order valence-electron chi connectivity index (χ0n) is 9.38. The van der Waals surface area contributed by atoms with Gasteiger partial charge in [-0.05, 0) is 28.7 Å². The molecule has 0 bridgehead atoms. The van der Waals surface area contributed by atoms with Crippen LogP contribution in [0.3, 0.4) is 0 Å². The van der Waals surface area contributed by atoms with Gasteiger partial charge in [0.2, 0.25) is 0 Å². The van der Waals surface area contributed by atoms with Crippen molar-refractivity contribution in [1.82, 2.24) is 20.3 Å². The number of H-pyrrole nitrogens is 1. The van der Waals surface area contributed by atoms with E-state index in [0.29, 0.717) is 21.9 Å². The average Bonchev–Trinajstić information content (AvgIpc) is 2.85. The molecule has 90 valence electrons. The van der Waals surface area contributed by atoms with Crippen LogP contribution in [0.15, 0.2) is 38.8 Å². The second-order valence-electron chi connectivity index (χ2n) is 3.61. The second-order valence-corrected chi connectivity index (χ2v) is 4.40. The third-order valence-corrected chi connectivity index (χ3v) is 3.04. The molecule has 6 nitrogen and oxygen atoms in total. The van der Waals surface area contributed by atoms with Crippen LogP contribution in [0.5, 0.6) is 0 Å². The lowest BCUT2D eigenvalue weighted by molar-refractivity contribution is 0.315. The molecule has 7 heteroatoms. The van der Waals surface area contributed by atoms with Gasteiger partial charge in [0.15, 0.2) is 5.16 Å². The number of rotatable bonds is 2. The SMILES string of the molecule is CSc1nc(-c2ccc3nonc3c2)cc(=O)[nH]1. The number of nitrogens with one attached hydrogen (secondary N) is 1. The standard InChI is InChI=1S/C11H8N4O2S/c1-18-11-12-8(5-10(16)13-11)6-2-3-7-9(4-6)15-17-14-7/h2-5H,1H3,(H,12,13,16). The number of hydrogen-bond acceptors (Lipinski definition) is 6. The van der Waals surface area contributed by atoms with E-state index in [4.69, 9.17) is 0 Å². The van der Waals surface area contributed by atoms with Gasteiger partial charge in [0.25, 0.3) is 5.56 Å². The van der Waals surface area contributed by atoms with E-state index in [9.17, 15) is 4.79 Å². The van der Waals surface area contributed by atoms with Crippen LogP contribution in [0.4, 0.5) is 0 Å². The Balaban J connectivity index is 2.18. The predicted molar refractivity (Wildman–Crippen MR) is 67.4 cm³/mol. The number of hydrogen-bond donors (Lipinski definition) is 1. The van der Waals surface area contributed by atoms with Crippen molar-refractivity contribution in [2.45, 2.75) is 5.16 Å². The molecule has 0 saturated carbocycles. The van der Waals surface area contributed by atoms with Crippen LogP contribution in [0.1, 0.15) is 0 Å². The molecule has 1 aromatic carbocycles. The Morgan fingerprint density at radius 2 is 2.06 bits per heavy atom. The maximum atomic E-state index is 11.5. The molecule has 0 unspecified atom stereocenters. The van der Waals surface area contributed by atoms with Crippen molar-refractivity contribution in [3.05, 3.63) is 34.6 Å². The lowest BCUT2D eigenvalue weighted by Gasteiger charge is -2.01. The van der Waals surface area contributed by atoms with Crippen LogP contribution >= 0.6 is 11.8 Å². The van der Waals surface area contributed by atoms with Crippen molar-refractivity contribution >= 4 is 22.8 Å². The molecular weight excluding hydrogens is 252 g/mol. The summed E-state index contributed by atoms with van der Waals surface area (Å²) in [7, 11) is 0. The van der Waals surface area contributed by atoms with Crippen molar-refractivity contribution in [3.8, 4) is 11.3 Å². The average molecular weight is 260 g/mol. The van der Waals surface area contributed by atoms with Crippen LogP contribution in [0, 0.1) is 0 Å². The summed E-state index contributed by atoms with van der Waals surface area (Å²) in [6.07, 6.45) is 1.85. The summed E-state index contributed by atoms with van der Waals surface area (Å²) in [6, 6.07) is 6.85. The molecule has 0 radical (unpaired) electrons. The summed E-state index contributed by atoms with van der Waals surface area (Å²) in [5, 5.41) is 8.07. The summed E-state index contributed by atoms with van der Waals surface area (Å²) >= 11 is 1.38. The summed E-state index contributed by atoms with van der Waals surface area (Å²) in [5.41, 5.74) is 2.55. The zero-order chi connectivity index (χ0) is 12.5. The fraction of sp³-hybridized carbons (Fsp3) is 0.0909. The van der Waals surface area contributed by atoms with Gasteiger partial charge in [-0.2, -0.15) is 0 Å². The third-order valence-electron chi connectivity index (χ3n) is 2.46. The molecule has 0 aliphatic heterocycles. The van der Waals surface area contributed by atoms with E-state index in [1.807, 2.05) is 12.3 Å². The van der Waals surface area contributed by atoms with E-state index in [-0.39, 0.29) is 5.56 Å². The molecule has 0 amide bonds. The Morgan fingerprint density at radius 3 is 2.89 bits per heavy atom. The minimum Gasteiger partial charge on any atom is -0.301 e. The Bertz CT molecular complexity index is 765. The summed E-state index contributed by atoms with van der Waals surface area (Å²) < 4.78 is 4.63. The van der Waals surface area contributed by atoms with Gasteiger partial charge in [0.05, 0.1) is 5.69 Å². The third kappa shape index (κ3) is 1.88. The molecule has 2 heterocycles. The maximum Gasteiger partial charge on any atom is 0.252 e. The van der Waals surface area contributed by atoms with E-state index in [1.54, 1.807) is 12.1 Å². The Hall–Kier alpha value is -2.15. The Morgan fingerprint density at radius 1 is 1.22 bits per heavy atom. The predicted octanol–water partition coefficient (Wildman–Crippen LogP) is 1.69. The largest absolute Gasteiger partial charge is 0.301 e. The quantitative estimate of drug-likeness (QED) is 0.557. The van der Waals surface area contributed by atoms with Crippen molar-refractivity contribution in [3.63, 3.8) is 0 Å². The number of aromatic nitrogens is 4. The van der Waals surface area contributed by atoms with Crippen LogP contribution in [-0.4, -0.2) is 26.5 Å². The van der Waals surface area contributed by atoms with Gasteiger partial charge >= 0.3 is 0 Å². The van der Waals surface area contributed by atoms with Crippen molar-refractivity contribution < 1.29 is 4.63 Å².